The minimum absolute atomic E-state index is 0.0937. The zero-order chi connectivity index (χ0) is 79.2. The molecule has 3 heterocycles. The summed E-state index contributed by atoms with van der Waals surface area (Å²) in [5.74, 6) is -13.9. The van der Waals surface area contributed by atoms with Gasteiger partial charge in [0.25, 0.3) is 0 Å². The van der Waals surface area contributed by atoms with Crippen molar-refractivity contribution in [2.24, 2.45) is 0 Å². The predicted octanol–water partition coefficient (Wildman–Crippen LogP) is -2.43. The number of H-pyrrole nitrogens is 2. The van der Waals surface area contributed by atoms with Crippen LogP contribution in [0.5, 0.6) is 0 Å². The number of nitrogens with zero attached hydrogens (tertiary/aromatic N) is 1. The first-order valence-corrected chi connectivity index (χ1v) is 35.5. The van der Waals surface area contributed by atoms with E-state index in [1.54, 1.807) is 91.3 Å². The number of amides is 13. The van der Waals surface area contributed by atoms with Gasteiger partial charge < -0.3 is 103 Å². The summed E-state index contributed by atoms with van der Waals surface area (Å²) in [6.45, 7) is -0.191. The van der Waals surface area contributed by atoms with Gasteiger partial charge >= 0.3 is 36.0 Å². The lowest BCUT2D eigenvalue weighted by Gasteiger charge is -2.24. The molecule has 3 aromatic carbocycles. The lowest BCUT2D eigenvalue weighted by Crippen LogP contribution is -2.57. The number of aromatic amines is 2. The van der Waals surface area contributed by atoms with Crippen LogP contribution in [-0.4, -0.2) is 264 Å². The fourth-order valence-corrected chi connectivity index (χ4v) is 11.9. The minimum atomic E-state index is -1.74. The fraction of sp³-hybridized carbons (Fsp3) is 0.449. The number of ether oxygens (including phenoxy) is 4. The van der Waals surface area contributed by atoms with E-state index < -0.39 is 175 Å². The molecule has 1 aliphatic heterocycles. The highest BCUT2D eigenvalue weighted by molar-refractivity contribution is 8.00. The molecule has 18 N–H and O–H groups in total. The van der Waals surface area contributed by atoms with E-state index in [2.05, 4.69) is 68.1 Å². The average molecular weight is 1540 g/mol. The SMILES string of the molecule is COC(=O)NCCOCCNC(=O)CCOCCOCCNC(=O)CCN1C(=O)CC(SCC(NC(=O)CNC(=O)C(Cc2c[nH]c3ccccc23)NC(=O)C(Cc2c[nH]c3ccccc23)NC(=O)CNC(=O)C(Cc2ccccc2)NNC(=O)CC[C@H](NC(=O)N[C@@H](CCC(=O)O)C(=O)O)C(=O)O)C(=O)O)C1=O. The molecular weight excluding hydrogens is 1450 g/mol. The highest BCUT2D eigenvalue weighted by Crippen LogP contribution is 2.27. The van der Waals surface area contributed by atoms with Gasteiger partial charge in [-0.3, -0.25) is 63.1 Å². The Bertz CT molecular complexity index is 3990. The summed E-state index contributed by atoms with van der Waals surface area (Å²) in [7, 11) is 1.24. The second kappa shape index (κ2) is 45.7. The van der Waals surface area contributed by atoms with Crippen molar-refractivity contribution in [2.45, 2.75) is 106 Å². The monoisotopic (exact) mass is 1540 g/mol. The summed E-state index contributed by atoms with van der Waals surface area (Å²) in [5, 5.41) is 62.9. The Morgan fingerprint density at radius 2 is 0.991 bits per heavy atom. The molecule has 0 aliphatic carbocycles. The molecule has 7 atom stereocenters. The van der Waals surface area contributed by atoms with Crippen LogP contribution in [-0.2, 0) is 105 Å². The summed E-state index contributed by atoms with van der Waals surface area (Å²) in [6, 6.07) is 11.9. The van der Waals surface area contributed by atoms with Crippen molar-refractivity contribution in [2.75, 3.05) is 91.8 Å². The highest BCUT2D eigenvalue weighted by Gasteiger charge is 2.40. The number of thioether (sulfide) groups is 1. The van der Waals surface area contributed by atoms with E-state index in [-0.39, 0.29) is 110 Å². The molecule has 5 aromatic rings. The largest absolute Gasteiger partial charge is 0.481 e. The molecule has 1 aliphatic rings. The molecule has 0 radical (unpaired) electrons. The molecule has 6 rings (SSSR count). The van der Waals surface area contributed by atoms with Gasteiger partial charge in [0.1, 0.15) is 36.3 Å². The number of carbonyl (C=O) groups excluding carboxylic acids is 12. The molecule has 0 saturated carbocycles. The molecular formula is C69H89N15O24S. The van der Waals surface area contributed by atoms with E-state index in [0.29, 0.717) is 38.5 Å². The number of hydrogen-bond donors (Lipinski definition) is 18. The number of aromatic nitrogens is 2. The summed E-state index contributed by atoms with van der Waals surface area (Å²) < 4.78 is 20.6. The zero-order valence-corrected chi connectivity index (χ0v) is 60.1. The fourth-order valence-electron chi connectivity index (χ4n) is 10.7. The molecule has 1 fully saturated rings. The first-order valence-electron chi connectivity index (χ1n) is 34.4. The van der Waals surface area contributed by atoms with Crippen LogP contribution in [0.1, 0.15) is 61.6 Å². The average Bonchev–Trinajstić information content (AvgIpc) is 1.71. The maximum Gasteiger partial charge on any atom is 0.406 e. The molecule has 590 valence electrons. The topological polar surface area (TPSA) is 570 Å². The van der Waals surface area contributed by atoms with E-state index >= 15 is 0 Å². The Morgan fingerprint density at radius 3 is 1.55 bits per heavy atom. The second-order valence-electron chi connectivity index (χ2n) is 24.4. The summed E-state index contributed by atoms with van der Waals surface area (Å²) in [4.78, 5) is 212. The molecule has 109 heavy (non-hydrogen) atoms. The van der Waals surface area contributed by atoms with Crippen LogP contribution in [0.25, 0.3) is 21.8 Å². The number of urea groups is 1. The lowest BCUT2D eigenvalue weighted by molar-refractivity contribution is -0.141. The number of fused-ring (bicyclic) bond motifs is 2. The maximum absolute atomic E-state index is 14.8. The Labute approximate surface area is 626 Å². The Morgan fingerprint density at radius 1 is 0.495 bits per heavy atom. The number of alkyl carbamates (subject to hydrolysis) is 1. The van der Waals surface area contributed by atoms with Gasteiger partial charge in [0.15, 0.2) is 0 Å². The maximum atomic E-state index is 14.8. The van der Waals surface area contributed by atoms with Gasteiger partial charge in [0.2, 0.25) is 59.1 Å². The van der Waals surface area contributed by atoms with Gasteiger partial charge in [-0.05, 0) is 48.1 Å². The number of imide groups is 1. The summed E-state index contributed by atoms with van der Waals surface area (Å²) in [5.41, 5.74) is 7.90. The molecule has 2 aromatic heterocycles. The number of carboxylic acids is 4. The quantitative estimate of drug-likeness (QED) is 0.0109. The van der Waals surface area contributed by atoms with Crippen LogP contribution in [0.2, 0.25) is 0 Å². The van der Waals surface area contributed by atoms with E-state index in [1.807, 2.05) is 10.6 Å². The van der Waals surface area contributed by atoms with Crippen LogP contribution in [0.3, 0.4) is 0 Å². The number of hydrogen-bond acceptors (Lipinski definition) is 22. The van der Waals surface area contributed by atoms with Crippen molar-refractivity contribution in [3.8, 4) is 0 Å². The number of likely N-dealkylation sites (tertiary alicyclic amines) is 1. The van der Waals surface area contributed by atoms with Gasteiger partial charge in [0.05, 0.1) is 65.1 Å². The van der Waals surface area contributed by atoms with Gasteiger partial charge in [-0.1, -0.05) is 66.7 Å². The van der Waals surface area contributed by atoms with Gasteiger partial charge in [-0.2, -0.15) is 0 Å². The van der Waals surface area contributed by atoms with Crippen LogP contribution >= 0.6 is 11.8 Å². The first kappa shape index (κ1) is 86.2. The highest BCUT2D eigenvalue weighted by atomic mass is 32.2. The smallest absolute Gasteiger partial charge is 0.406 e. The van der Waals surface area contributed by atoms with E-state index in [0.717, 1.165) is 16.7 Å². The van der Waals surface area contributed by atoms with Crippen molar-refractivity contribution >= 4 is 129 Å². The molecule has 40 heteroatoms. The normalized spacial score (nSPS) is 14.1. The van der Waals surface area contributed by atoms with E-state index in [1.165, 1.54) is 7.11 Å². The second-order valence-corrected chi connectivity index (χ2v) is 25.6. The van der Waals surface area contributed by atoms with Crippen LogP contribution in [0.15, 0.2) is 91.3 Å². The standard InChI is InChI=1S/C69H89N15O24S/c1-105-69(104)72-23-28-107-26-21-71-55(86)20-25-106-29-30-108-27-22-70-54(85)19-24-84-59(90)34-53(64(84)96)109-39-52(67(101)102)78-58(89)38-75-61(93)49(32-41-35-73-45-13-7-5-11-43(41)45)79-63(95)50(33-42-36-74-46-14-8-6-12-44(42)46)77-57(88)37-76-62(94)51(31-40-9-3-2-4-10-40)82-83-56(87)17-15-47(65(97)98)80-68(103)81-48(66(99)100)16-18-60(91)92/h2-14,35-36,47-53,73-74,82H,15-34,37-39H2,1H3,(H,70,85)(H,71,86)(H,72,104)(H,75,93)(H,76,94)(H,77,88)(H,78,89)(H,79,95)(H,83,87)(H,91,92)(H,97,98)(H,99,100)(H,101,102)(H2,80,81,103)/t47-,48-,49?,50?,51?,52?,53?/m0/s1. The van der Waals surface area contributed by atoms with Crippen molar-refractivity contribution in [1.82, 2.24) is 78.9 Å². The van der Waals surface area contributed by atoms with Crippen molar-refractivity contribution in [3.63, 3.8) is 0 Å². The molecule has 5 unspecified atom stereocenters. The number of benzene rings is 3. The number of carboxylic acid groups (broad SMARTS) is 4. The number of rotatable bonds is 50. The van der Waals surface area contributed by atoms with Crippen molar-refractivity contribution in [1.29, 1.82) is 0 Å². The Kier molecular flexibility index (Phi) is 36.1. The lowest BCUT2D eigenvalue weighted by atomic mass is 10.0. The number of aliphatic carboxylic acids is 4. The van der Waals surface area contributed by atoms with Crippen molar-refractivity contribution < 1.29 is 116 Å². The number of hydrazine groups is 1. The zero-order valence-electron chi connectivity index (χ0n) is 59.3. The molecule has 1 saturated heterocycles. The summed E-state index contributed by atoms with van der Waals surface area (Å²) in [6.07, 6.45) is -0.584. The summed E-state index contributed by atoms with van der Waals surface area (Å²) >= 11 is 0.786. The number of carbonyl (C=O) groups is 16. The Hall–Kier alpha value is -11.7. The van der Waals surface area contributed by atoms with Crippen molar-refractivity contribution in [3.05, 3.63) is 108 Å². The van der Waals surface area contributed by atoms with Crippen LogP contribution in [0, 0.1) is 0 Å². The van der Waals surface area contributed by atoms with E-state index in [9.17, 15) is 92.0 Å². The van der Waals surface area contributed by atoms with Gasteiger partial charge in [0, 0.05) is 111 Å². The third-order valence-corrected chi connectivity index (χ3v) is 17.7. The third-order valence-electron chi connectivity index (χ3n) is 16.4. The van der Waals surface area contributed by atoms with Gasteiger partial charge in [-0.15, -0.1) is 11.8 Å². The Balaban J connectivity index is 1.00. The van der Waals surface area contributed by atoms with E-state index in [4.69, 9.17) is 19.3 Å². The molecule has 0 spiro atoms. The predicted molar refractivity (Wildman–Crippen MR) is 385 cm³/mol. The molecule has 39 nitrogen and oxygen atoms in total. The van der Waals surface area contributed by atoms with Crippen LogP contribution < -0.4 is 64.0 Å². The number of nitrogens with one attached hydrogen (secondary N) is 14. The van der Waals surface area contributed by atoms with Gasteiger partial charge in [-0.25, -0.2) is 29.4 Å². The molecule has 13 amide bonds. The van der Waals surface area contributed by atoms with Crippen LogP contribution in [0.4, 0.5) is 9.59 Å². The number of methoxy groups -OCH3 is 1. The molecule has 0 bridgehead atoms. The third kappa shape index (κ3) is 30.6. The first-order chi connectivity index (χ1) is 52.3. The minimum Gasteiger partial charge on any atom is -0.481 e. The number of para-hydroxylation sites is 2.